The first-order valence-corrected chi connectivity index (χ1v) is 7.36. The van der Waals surface area contributed by atoms with Crippen molar-refractivity contribution in [2.24, 2.45) is 0 Å². The van der Waals surface area contributed by atoms with E-state index in [0.29, 0.717) is 0 Å². The molecule has 0 aromatic carbocycles. The minimum absolute atomic E-state index is 0.843. The summed E-state index contributed by atoms with van der Waals surface area (Å²) in [6, 6.07) is 3.98. The molecule has 0 aliphatic heterocycles. The van der Waals surface area contributed by atoms with Crippen LogP contribution in [-0.4, -0.2) is 22.3 Å². The summed E-state index contributed by atoms with van der Waals surface area (Å²) in [5.74, 6) is 0.984. The van der Waals surface area contributed by atoms with Crippen molar-refractivity contribution in [3.05, 3.63) is 39.9 Å². The topological polar surface area (TPSA) is 37.8 Å². The predicted molar refractivity (Wildman–Crippen MR) is 73.8 cm³/mol. The van der Waals surface area contributed by atoms with Crippen LogP contribution in [0, 0.1) is 0 Å². The van der Waals surface area contributed by atoms with E-state index in [2.05, 4.69) is 21.4 Å². The summed E-state index contributed by atoms with van der Waals surface area (Å²) >= 11 is 9.17. The number of nitrogens with one attached hydrogen (secondary N) is 1. The van der Waals surface area contributed by atoms with Gasteiger partial charge >= 0.3 is 0 Å². The van der Waals surface area contributed by atoms with Crippen LogP contribution in [0.2, 0.25) is 4.34 Å². The van der Waals surface area contributed by atoms with Crippen LogP contribution in [0.5, 0.6) is 0 Å². The molecule has 2 aromatic heterocycles. The summed E-state index contributed by atoms with van der Waals surface area (Å²) in [7, 11) is 0. The highest BCUT2D eigenvalue weighted by atomic mass is 35.5. The highest BCUT2D eigenvalue weighted by Crippen LogP contribution is 2.21. The highest BCUT2D eigenvalue weighted by molar-refractivity contribution is 7.99. The molecule has 3 nitrogen and oxygen atoms in total. The van der Waals surface area contributed by atoms with Gasteiger partial charge in [0.25, 0.3) is 0 Å². The quantitative estimate of drug-likeness (QED) is 0.654. The van der Waals surface area contributed by atoms with Crippen molar-refractivity contribution in [3.63, 3.8) is 0 Å². The van der Waals surface area contributed by atoms with Crippen molar-refractivity contribution < 1.29 is 0 Å². The van der Waals surface area contributed by atoms with E-state index >= 15 is 0 Å². The Morgan fingerprint density at radius 1 is 1.35 bits per heavy atom. The van der Waals surface area contributed by atoms with Crippen LogP contribution in [0.25, 0.3) is 0 Å². The Bertz CT molecular complexity index is 447. The van der Waals surface area contributed by atoms with Crippen LogP contribution in [0.4, 0.5) is 0 Å². The van der Waals surface area contributed by atoms with E-state index < -0.39 is 0 Å². The third-order valence-corrected chi connectivity index (χ3v) is 4.14. The van der Waals surface area contributed by atoms with Crippen LogP contribution in [0.15, 0.2) is 35.7 Å². The van der Waals surface area contributed by atoms with E-state index in [0.717, 1.165) is 28.2 Å². The van der Waals surface area contributed by atoms with Crippen LogP contribution < -0.4 is 5.32 Å². The molecule has 1 N–H and O–H groups in total. The zero-order valence-corrected chi connectivity index (χ0v) is 11.5. The molecule has 0 saturated heterocycles. The molecule has 0 radical (unpaired) electrons. The summed E-state index contributed by atoms with van der Waals surface area (Å²) in [5.41, 5.74) is 0. The highest BCUT2D eigenvalue weighted by Gasteiger charge is 1.98. The maximum atomic E-state index is 5.85. The van der Waals surface area contributed by atoms with Crippen molar-refractivity contribution in [2.75, 3.05) is 12.3 Å². The second-order valence-electron chi connectivity index (χ2n) is 3.27. The number of aromatic nitrogens is 2. The normalized spacial score (nSPS) is 10.6. The van der Waals surface area contributed by atoms with Gasteiger partial charge < -0.3 is 5.32 Å². The molecule has 0 aliphatic carbocycles. The summed E-state index contributed by atoms with van der Waals surface area (Å²) in [4.78, 5) is 9.48. The van der Waals surface area contributed by atoms with Gasteiger partial charge in [0.1, 0.15) is 5.03 Å². The van der Waals surface area contributed by atoms with Gasteiger partial charge in [-0.2, -0.15) is 0 Å². The lowest BCUT2D eigenvalue weighted by Gasteiger charge is -2.02. The van der Waals surface area contributed by atoms with Crippen molar-refractivity contribution >= 4 is 34.7 Å². The van der Waals surface area contributed by atoms with E-state index in [1.54, 1.807) is 41.7 Å². The Morgan fingerprint density at radius 2 is 2.29 bits per heavy atom. The van der Waals surface area contributed by atoms with E-state index in [9.17, 15) is 0 Å². The summed E-state index contributed by atoms with van der Waals surface area (Å²) in [6.07, 6.45) is 5.18. The fourth-order valence-electron chi connectivity index (χ4n) is 1.25. The molecule has 0 bridgehead atoms. The monoisotopic (exact) mass is 285 g/mol. The maximum Gasteiger partial charge on any atom is 0.114 e. The second-order valence-corrected chi connectivity index (χ2v) is 6.19. The minimum Gasteiger partial charge on any atom is -0.311 e. The van der Waals surface area contributed by atoms with Gasteiger partial charge in [-0.05, 0) is 12.1 Å². The average Bonchev–Trinajstić information content (AvgIpc) is 2.76. The molecule has 0 fully saturated rings. The molecule has 17 heavy (non-hydrogen) atoms. The van der Waals surface area contributed by atoms with Gasteiger partial charge in [-0.1, -0.05) is 11.6 Å². The molecule has 0 unspecified atom stereocenters. The number of hydrogen-bond donors (Lipinski definition) is 1. The predicted octanol–water partition coefficient (Wildman–Crippen LogP) is 3.07. The molecule has 0 spiro atoms. The van der Waals surface area contributed by atoms with Gasteiger partial charge in [-0.25, -0.2) is 4.98 Å². The van der Waals surface area contributed by atoms with Crippen LogP contribution >= 0.6 is 34.7 Å². The standard InChI is InChI=1S/C11H12ClN3S2/c12-10-2-1-9(17-10)7-14-5-6-16-11-8-13-3-4-15-11/h1-4,8,14H,5-7H2. The first-order valence-electron chi connectivity index (χ1n) is 5.18. The molecule has 6 heteroatoms. The zero-order chi connectivity index (χ0) is 11.9. The Hall–Kier alpha value is -0.620. The first kappa shape index (κ1) is 12.8. The number of rotatable bonds is 6. The summed E-state index contributed by atoms with van der Waals surface area (Å²) < 4.78 is 0.843. The fraction of sp³-hybridized carbons (Fsp3) is 0.273. The molecule has 0 atom stereocenters. The molecule has 0 aliphatic rings. The molecule has 2 heterocycles. The Kier molecular flexibility index (Phi) is 5.25. The lowest BCUT2D eigenvalue weighted by molar-refractivity contribution is 0.740. The Balaban J connectivity index is 1.61. The molecule has 90 valence electrons. The maximum absolute atomic E-state index is 5.85. The number of halogens is 1. The molecular weight excluding hydrogens is 274 g/mol. The van der Waals surface area contributed by atoms with E-state index in [1.165, 1.54) is 4.88 Å². The lowest BCUT2D eigenvalue weighted by atomic mass is 10.4. The minimum atomic E-state index is 0.843. The fourth-order valence-corrected chi connectivity index (χ4v) is 3.03. The summed E-state index contributed by atoms with van der Waals surface area (Å²) in [5, 5.41) is 4.33. The molecule has 0 saturated carbocycles. The van der Waals surface area contributed by atoms with Gasteiger partial charge in [0.15, 0.2) is 0 Å². The number of thioether (sulfide) groups is 1. The first-order chi connectivity index (χ1) is 8.34. The number of thiophene rings is 1. The Morgan fingerprint density at radius 3 is 3.00 bits per heavy atom. The molecule has 2 aromatic rings. The van der Waals surface area contributed by atoms with Crippen molar-refractivity contribution in [3.8, 4) is 0 Å². The van der Waals surface area contributed by atoms with Crippen LogP contribution in [0.3, 0.4) is 0 Å². The van der Waals surface area contributed by atoms with E-state index in [4.69, 9.17) is 11.6 Å². The number of hydrogen-bond acceptors (Lipinski definition) is 5. The average molecular weight is 286 g/mol. The lowest BCUT2D eigenvalue weighted by Crippen LogP contribution is -2.15. The largest absolute Gasteiger partial charge is 0.311 e. The van der Waals surface area contributed by atoms with Crippen molar-refractivity contribution in [1.29, 1.82) is 0 Å². The zero-order valence-electron chi connectivity index (χ0n) is 9.10. The third kappa shape index (κ3) is 4.63. The molecule has 0 amide bonds. The molecular formula is C11H12ClN3S2. The third-order valence-electron chi connectivity index (χ3n) is 2.00. The SMILES string of the molecule is Clc1ccc(CNCCSc2cnccn2)s1. The van der Waals surface area contributed by atoms with Crippen LogP contribution in [0.1, 0.15) is 4.88 Å². The second kappa shape index (κ2) is 6.96. The van der Waals surface area contributed by atoms with Gasteiger partial charge in [0, 0.05) is 36.1 Å². The van der Waals surface area contributed by atoms with Gasteiger partial charge in [-0.3, -0.25) is 4.98 Å². The van der Waals surface area contributed by atoms with Crippen molar-refractivity contribution in [1.82, 2.24) is 15.3 Å². The van der Waals surface area contributed by atoms with Crippen LogP contribution in [-0.2, 0) is 6.54 Å². The van der Waals surface area contributed by atoms with E-state index in [-0.39, 0.29) is 0 Å². The van der Waals surface area contributed by atoms with Crippen molar-refractivity contribution in [2.45, 2.75) is 11.6 Å². The smallest absolute Gasteiger partial charge is 0.114 e. The van der Waals surface area contributed by atoms with E-state index in [1.807, 2.05) is 6.07 Å². The van der Waals surface area contributed by atoms with Gasteiger partial charge in [-0.15, -0.1) is 23.1 Å². The Labute approximate surface area is 114 Å². The van der Waals surface area contributed by atoms with Gasteiger partial charge in [0.05, 0.1) is 10.5 Å². The number of nitrogens with zero attached hydrogens (tertiary/aromatic N) is 2. The van der Waals surface area contributed by atoms with Gasteiger partial charge in [0.2, 0.25) is 0 Å². The summed E-state index contributed by atoms with van der Waals surface area (Å²) in [6.45, 7) is 1.81. The molecule has 2 rings (SSSR count).